The van der Waals surface area contributed by atoms with Crippen LogP contribution in [0.1, 0.15) is 25.3 Å². The van der Waals surface area contributed by atoms with Gasteiger partial charge in [-0.2, -0.15) is 0 Å². The molecule has 25 heavy (non-hydrogen) atoms. The Hall–Kier alpha value is -1.65. The minimum atomic E-state index is 0.664. The normalized spacial score (nSPS) is 21.6. The minimum absolute atomic E-state index is 0.664. The van der Waals surface area contributed by atoms with Crippen molar-refractivity contribution in [1.29, 1.82) is 0 Å². The van der Waals surface area contributed by atoms with Gasteiger partial charge in [0, 0.05) is 37.6 Å². The van der Waals surface area contributed by atoms with Gasteiger partial charge in [-0.1, -0.05) is 18.2 Å². The number of piperidine rings is 1. The molecule has 4 heteroatoms. The number of rotatable bonds is 3. The van der Waals surface area contributed by atoms with Gasteiger partial charge >= 0.3 is 0 Å². The molecular weight excluding hydrogens is 310 g/mol. The number of anilines is 1. The maximum atomic E-state index is 5.50. The van der Waals surface area contributed by atoms with E-state index in [1.54, 1.807) is 0 Å². The molecule has 0 radical (unpaired) electrons. The van der Waals surface area contributed by atoms with Gasteiger partial charge in [-0.3, -0.25) is 4.90 Å². The fourth-order valence-corrected chi connectivity index (χ4v) is 4.39. The molecule has 134 valence electrons. The Balaban J connectivity index is 1.43. The van der Waals surface area contributed by atoms with Crippen LogP contribution < -0.4 is 4.90 Å². The van der Waals surface area contributed by atoms with Crippen molar-refractivity contribution in [2.24, 2.45) is 5.92 Å². The number of aromatic nitrogens is 1. The SMILES string of the molecule is Cc1cc(N2CCC(C(C)N3CCOCC3)CC2)nc2ccccc12. The summed E-state index contributed by atoms with van der Waals surface area (Å²) in [6.45, 7) is 10.8. The topological polar surface area (TPSA) is 28.6 Å². The number of benzene rings is 1. The molecule has 2 aliphatic rings. The third-order valence-electron chi connectivity index (χ3n) is 6.08. The lowest BCUT2D eigenvalue weighted by Crippen LogP contribution is -2.48. The molecule has 2 fully saturated rings. The van der Waals surface area contributed by atoms with Gasteiger partial charge in [0.2, 0.25) is 0 Å². The van der Waals surface area contributed by atoms with Crippen molar-refractivity contribution in [1.82, 2.24) is 9.88 Å². The summed E-state index contributed by atoms with van der Waals surface area (Å²) in [5, 5.41) is 1.27. The monoisotopic (exact) mass is 339 g/mol. The van der Waals surface area contributed by atoms with Crippen LogP contribution in [-0.2, 0) is 4.74 Å². The second-order valence-electron chi connectivity index (χ2n) is 7.53. The second kappa shape index (κ2) is 7.30. The number of hydrogen-bond donors (Lipinski definition) is 0. The highest BCUT2D eigenvalue weighted by Crippen LogP contribution is 2.29. The molecule has 2 aliphatic heterocycles. The van der Waals surface area contributed by atoms with Crippen molar-refractivity contribution >= 4 is 16.7 Å². The number of fused-ring (bicyclic) bond motifs is 1. The number of ether oxygens (including phenoxy) is 1. The van der Waals surface area contributed by atoms with Gasteiger partial charge in [-0.15, -0.1) is 0 Å². The summed E-state index contributed by atoms with van der Waals surface area (Å²) in [5.74, 6) is 1.93. The van der Waals surface area contributed by atoms with E-state index in [9.17, 15) is 0 Å². The van der Waals surface area contributed by atoms with Crippen LogP contribution in [-0.4, -0.2) is 55.3 Å². The molecule has 0 aliphatic carbocycles. The van der Waals surface area contributed by atoms with E-state index in [4.69, 9.17) is 9.72 Å². The van der Waals surface area contributed by atoms with Crippen molar-refractivity contribution in [3.05, 3.63) is 35.9 Å². The number of nitrogens with zero attached hydrogens (tertiary/aromatic N) is 3. The number of aryl methyl sites for hydroxylation is 1. The Morgan fingerprint density at radius 1 is 1.08 bits per heavy atom. The van der Waals surface area contributed by atoms with Crippen LogP contribution in [0.5, 0.6) is 0 Å². The smallest absolute Gasteiger partial charge is 0.129 e. The molecule has 0 amide bonds. The van der Waals surface area contributed by atoms with Crippen molar-refractivity contribution in [2.45, 2.75) is 32.7 Å². The van der Waals surface area contributed by atoms with Crippen LogP contribution in [0.15, 0.2) is 30.3 Å². The molecule has 2 aromatic rings. The molecule has 4 rings (SSSR count). The number of para-hydroxylation sites is 1. The first-order valence-corrected chi connectivity index (χ1v) is 9.65. The molecule has 1 atom stereocenters. The average molecular weight is 339 g/mol. The van der Waals surface area contributed by atoms with E-state index in [1.807, 2.05) is 0 Å². The van der Waals surface area contributed by atoms with Crippen molar-refractivity contribution in [3.63, 3.8) is 0 Å². The Labute approximate surface area is 150 Å². The summed E-state index contributed by atoms with van der Waals surface area (Å²) < 4.78 is 5.50. The first kappa shape index (κ1) is 16.8. The molecule has 4 nitrogen and oxygen atoms in total. The van der Waals surface area contributed by atoms with Crippen LogP contribution in [0.25, 0.3) is 10.9 Å². The lowest BCUT2D eigenvalue weighted by atomic mass is 9.89. The van der Waals surface area contributed by atoms with E-state index >= 15 is 0 Å². The Morgan fingerprint density at radius 3 is 2.56 bits per heavy atom. The Kier molecular flexibility index (Phi) is 4.91. The fraction of sp³-hybridized carbons (Fsp3) is 0.571. The molecule has 0 N–H and O–H groups in total. The molecule has 1 aromatic heterocycles. The maximum absolute atomic E-state index is 5.50. The van der Waals surface area contributed by atoms with Crippen molar-refractivity contribution in [2.75, 3.05) is 44.3 Å². The third kappa shape index (κ3) is 3.51. The summed E-state index contributed by atoms with van der Waals surface area (Å²) in [7, 11) is 0. The zero-order valence-corrected chi connectivity index (χ0v) is 15.4. The van der Waals surface area contributed by atoms with Crippen LogP contribution in [0.4, 0.5) is 5.82 Å². The molecule has 1 aromatic carbocycles. The first-order valence-electron chi connectivity index (χ1n) is 9.65. The maximum Gasteiger partial charge on any atom is 0.129 e. The summed E-state index contributed by atoms with van der Waals surface area (Å²) >= 11 is 0. The standard InChI is InChI=1S/C21H29N3O/c1-16-15-21(22-20-6-4-3-5-19(16)20)24-9-7-18(8-10-24)17(2)23-11-13-25-14-12-23/h3-6,15,17-18H,7-14H2,1-2H3. The zero-order valence-electron chi connectivity index (χ0n) is 15.4. The number of hydrogen-bond acceptors (Lipinski definition) is 4. The van der Waals surface area contributed by atoms with E-state index in [-0.39, 0.29) is 0 Å². The van der Waals surface area contributed by atoms with E-state index < -0.39 is 0 Å². The number of morpholine rings is 1. The minimum Gasteiger partial charge on any atom is -0.379 e. The lowest BCUT2D eigenvalue weighted by molar-refractivity contribution is 0.00448. The highest BCUT2D eigenvalue weighted by atomic mass is 16.5. The van der Waals surface area contributed by atoms with E-state index in [0.717, 1.165) is 56.6 Å². The number of pyridine rings is 1. The molecule has 2 saturated heterocycles. The quantitative estimate of drug-likeness (QED) is 0.856. The molecule has 3 heterocycles. The van der Waals surface area contributed by atoms with Crippen LogP contribution in [0.2, 0.25) is 0 Å². The van der Waals surface area contributed by atoms with Gasteiger partial charge in [0.15, 0.2) is 0 Å². The highest BCUT2D eigenvalue weighted by Gasteiger charge is 2.29. The summed E-state index contributed by atoms with van der Waals surface area (Å²) in [6, 6.07) is 11.4. The van der Waals surface area contributed by atoms with Gasteiger partial charge in [0.25, 0.3) is 0 Å². The fourth-order valence-electron chi connectivity index (χ4n) is 4.39. The molecule has 0 bridgehead atoms. The third-order valence-corrected chi connectivity index (χ3v) is 6.08. The molecule has 1 unspecified atom stereocenters. The predicted molar refractivity (Wildman–Crippen MR) is 103 cm³/mol. The van der Waals surface area contributed by atoms with Crippen LogP contribution in [0.3, 0.4) is 0 Å². The van der Waals surface area contributed by atoms with Gasteiger partial charge in [-0.05, 0) is 50.3 Å². The zero-order chi connectivity index (χ0) is 17.2. The van der Waals surface area contributed by atoms with Gasteiger partial charge in [-0.25, -0.2) is 4.98 Å². The summed E-state index contributed by atoms with van der Waals surface area (Å²) in [6.07, 6.45) is 2.51. The van der Waals surface area contributed by atoms with Crippen LogP contribution in [0, 0.1) is 12.8 Å². The summed E-state index contributed by atoms with van der Waals surface area (Å²) in [5.41, 5.74) is 2.44. The van der Waals surface area contributed by atoms with E-state index in [1.165, 1.54) is 23.8 Å². The molecule has 0 spiro atoms. The van der Waals surface area contributed by atoms with Crippen molar-refractivity contribution < 1.29 is 4.74 Å². The van der Waals surface area contributed by atoms with Gasteiger partial charge < -0.3 is 9.64 Å². The van der Waals surface area contributed by atoms with Gasteiger partial charge in [0.1, 0.15) is 5.82 Å². The van der Waals surface area contributed by atoms with Crippen LogP contribution >= 0.6 is 0 Å². The Morgan fingerprint density at radius 2 is 1.80 bits per heavy atom. The summed E-state index contributed by atoms with van der Waals surface area (Å²) in [4.78, 5) is 10.0. The lowest BCUT2D eigenvalue weighted by Gasteiger charge is -2.41. The molecular formula is C21H29N3O. The predicted octanol–water partition coefficient (Wildman–Crippen LogP) is 3.48. The van der Waals surface area contributed by atoms with Crippen molar-refractivity contribution in [3.8, 4) is 0 Å². The average Bonchev–Trinajstić information content (AvgIpc) is 2.68. The first-order chi connectivity index (χ1) is 12.2. The van der Waals surface area contributed by atoms with E-state index in [2.05, 4.69) is 54.0 Å². The highest BCUT2D eigenvalue weighted by molar-refractivity contribution is 5.83. The second-order valence-corrected chi connectivity index (χ2v) is 7.53. The Bertz CT molecular complexity index is 718. The van der Waals surface area contributed by atoms with E-state index in [0.29, 0.717) is 6.04 Å². The molecule has 0 saturated carbocycles. The van der Waals surface area contributed by atoms with Gasteiger partial charge in [0.05, 0.1) is 18.7 Å². The largest absolute Gasteiger partial charge is 0.379 e.